The first-order valence-electron chi connectivity index (χ1n) is 6.86. The number of halogens is 3. The van der Waals surface area contributed by atoms with Crippen molar-refractivity contribution in [2.24, 2.45) is 0 Å². The van der Waals surface area contributed by atoms with E-state index >= 15 is 0 Å². The molecular formula is C16H15ClF2N2O2. The van der Waals surface area contributed by atoms with Crippen LogP contribution < -0.4 is 5.32 Å². The Morgan fingerprint density at radius 2 is 1.96 bits per heavy atom. The monoisotopic (exact) mass is 340 g/mol. The number of carbonyl (C=O) groups excluding carboxylic acids is 1. The van der Waals surface area contributed by atoms with Gasteiger partial charge in [-0.15, -0.1) is 0 Å². The van der Waals surface area contributed by atoms with Gasteiger partial charge in [-0.3, -0.25) is 9.78 Å². The minimum absolute atomic E-state index is 0.394. The smallest absolute Gasteiger partial charge is 0.270 e. The molecule has 0 saturated heterocycles. The summed E-state index contributed by atoms with van der Waals surface area (Å²) in [7, 11) is 0. The van der Waals surface area contributed by atoms with Gasteiger partial charge < -0.3 is 10.4 Å². The third-order valence-corrected chi connectivity index (χ3v) is 3.52. The van der Waals surface area contributed by atoms with Crippen LogP contribution in [0.25, 0.3) is 11.1 Å². The van der Waals surface area contributed by atoms with Crippen molar-refractivity contribution in [2.45, 2.75) is 17.8 Å². The molecule has 1 heterocycles. The fraction of sp³-hybridized carbons (Fsp3) is 0.250. The Morgan fingerprint density at radius 1 is 1.26 bits per heavy atom. The number of nitrogens with zero attached hydrogens (tertiary/aromatic N) is 1. The number of aliphatic hydroxyl groups excluding tert-OH is 1. The van der Waals surface area contributed by atoms with Crippen LogP contribution in [0, 0.1) is 0 Å². The first kappa shape index (κ1) is 17.3. The Morgan fingerprint density at radius 3 is 2.48 bits per heavy atom. The lowest BCUT2D eigenvalue weighted by molar-refractivity contribution is -0.125. The highest BCUT2D eigenvalue weighted by molar-refractivity contribution is 6.29. The summed E-state index contributed by atoms with van der Waals surface area (Å²) < 4.78 is 25.7. The van der Waals surface area contributed by atoms with E-state index in [4.69, 9.17) is 11.6 Å². The molecule has 1 aromatic carbocycles. The molecule has 0 aliphatic heterocycles. The quantitative estimate of drug-likeness (QED) is 0.795. The second kappa shape index (κ2) is 7.99. The molecule has 2 rings (SSSR count). The normalized spacial score (nSPS) is 14.8. The van der Waals surface area contributed by atoms with E-state index in [1.165, 1.54) is 0 Å². The fourth-order valence-corrected chi connectivity index (χ4v) is 2.15. The summed E-state index contributed by atoms with van der Waals surface area (Å²) in [6, 6.07) is 9.10. The molecule has 0 bridgehead atoms. The number of nitrogens with one attached hydrogen (secondary N) is 1. The molecule has 0 radical (unpaired) electrons. The Bertz CT molecular complexity index is 638. The van der Waals surface area contributed by atoms with E-state index in [9.17, 15) is 18.7 Å². The molecule has 3 atom stereocenters. The summed E-state index contributed by atoms with van der Waals surface area (Å²) in [5.41, 5.74) is -0.125. The number of hydrogen-bond acceptors (Lipinski definition) is 3. The Kier molecular flexibility index (Phi) is 6.01. The maximum Gasteiger partial charge on any atom is 0.270 e. The first-order chi connectivity index (χ1) is 11.0. The molecule has 4 nitrogen and oxygen atoms in total. The van der Waals surface area contributed by atoms with Crippen LogP contribution in [0.2, 0.25) is 0 Å². The number of carbonyl (C=O) groups is 1. The lowest BCUT2D eigenvalue weighted by Gasteiger charge is -2.22. The average molecular weight is 341 g/mol. The van der Waals surface area contributed by atoms with Gasteiger partial charge in [0.15, 0.2) is 0 Å². The predicted octanol–water partition coefficient (Wildman–Crippen LogP) is 2.77. The van der Waals surface area contributed by atoms with Gasteiger partial charge >= 0.3 is 0 Å². The summed E-state index contributed by atoms with van der Waals surface area (Å²) >= 11 is 4.98. The van der Waals surface area contributed by atoms with Gasteiger partial charge in [0.25, 0.3) is 11.5 Å². The largest absolute Gasteiger partial charge is 0.386 e. The van der Waals surface area contributed by atoms with Crippen LogP contribution in [-0.2, 0) is 4.79 Å². The second-order valence-corrected chi connectivity index (χ2v) is 5.26. The minimum Gasteiger partial charge on any atom is -0.386 e. The summed E-state index contributed by atoms with van der Waals surface area (Å²) in [6.07, 6.45) is 2.03. The number of pyridine rings is 1. The van der Waals surface area contributed by atoms with Crippen LogP contribution >= 0.6 is 11.6 Å². The van der Waals surface area contributed by atoms with E-state index in [2.05, 4.69) is 4.98 Å². The number of rotatable bonds is 6. The summed E-state index contributed by atoms with van der Waals surface area (Å²) in [5.74, 6) is -1.18. The summed E-state index contributed by atoms with van der Waals surface area (Å²) in [6.45, 7) is -1.05. The Labute approximate surface area is 137 Å². The van der Waals surface area contributed by atoms with Crippen molar-refractivity contribution >= 4 is 17.5 Å². The summed E-state index contributed by atoms with van der Waals surface area (Å²) in [5, 5.41) is 12.2. The number of hydrogen-bond donors (Lipinski definition) is 2. The highest BCUT2D eigenvalue weighted by atomic mass is 35.5. The molecule has 0 spiro atoms. The maximum absolute atomic E-state index is 13.0. The van der Waals surface area contributed by atoms with Gasteiger partial charge in [-0.25, -0.2) is 8.78 Å². The van der Waals surface area contributed by atoms with Crippen molar-refractivity contribution in [3.63, 3.8) is 0 Å². The number of amides is 1. The number of alkyl halides is 3. The van der Waals surface area contributed by atoms with E-state index in [0.29, 0.717) is 5.56 Å². The minimum atomic E-state index is -2.29. The van der Waals surface area contributed by atoms with E-state index in [-0.39, 0.29) is 0 Å². The molecule has 2 N–H and O–H groups in total. The summed E-state index contributed by atoms with van der Waals surface area (Å²) in [4.78, 5) is 15.2. The zero-order valence-electron chi connectivity index (χ0n) is 12.0. The van der Waals surface area contributed by atoms with Crippen molar-refractivity contribution in [2.75, 3.05) is 6.67 Å². The molecule has 3 unspecified atom stereocenters. The van der Waals surface area contributed by atoms with Crippen LogP contribution in [0.4, 0.5) is 8.78 Å². The number of aromatic nitrogens is 1. The van der Waals surface area contributed by atoms with Crippen LogP contribution in [0.5, 0.6) is 0 Å². The standard InChI is InChI=1S/C16H15ClF2N2O2/c17-15(19)16(23)21-13(8-18)14(22)11-5-3-10(4-6-11)12-2-1-7-20-9-12/h1-7,9,13-15,22H,8H2,(H,21,23). The molecule has 7 heteroatoms. The van der Waals surface area contributed by atoms with Crippen LogP contribution in [0.3, 0.4) is 0 Å². The van der Waals surface area contributed by atoms with Crippen LogP contribution in [0.1, 0.15) is 11.7 Å². The van der Waals surface area contributed by atoms with Gasteiger partial charge in [0, 0.05) is 12.4 Å². The fourth-order valence-electron chi connectivity index (χ4n) is 2.09. The topological polar surface area (TPSA) is 62.2 Å². The molecule has 2 aromatic rings. The highest BCUT2D eigenvalue weighted by Gasteiger charge is 2.25. The number of aliphatic hydroxyl groups is 1. The molecule has 0 fully saturated rings. The third-order valence-electron chi connectivity index (χ3n) is 3.32. The van der Waals surface area contributed by atoms with Gasteiger partial charge in [-0.2, -0.15) is 0 Å². The van der Waals surface area contributed by atoms with Crippen molar-refractivity contribution in [3.05, 3.63) is 54.4 Å². The van der Waals surface area contributed by atoms with Crippen LogP contribution in [0.15, 0.2) is 48.8 Å². The molecule has 0 saturated carbocycles. The lowest BCUT2D eigenvalue weighted by Crippen LogP contribution is -2.43. The second-order valence-electron chi connectivity index (χ2n) is 4.88. The first-order valence-corrected chi connectivity index (χ1v) is 7.29. The maximum atomic E-state index is 13.0. The molecule has 23 heavy (non-hydrogen) atoms. The molecule has 1 amide bonds. The third kappa shape index (κ3) is 4.46. The van der Waals surface area contributed by atoms with Gasteiger partial charge in [0.2, 0.25) is 0 Å². The SMILES string of the molecule is O=C(NC(CF)C(O)c1ccc(-c2cccnc2)cc1)C(F)Cl. The van der Waals surface area contributed by atoms with E-state index in [0.717, 1.165) is 11.1 Å². The lowest BCUT2D eigenvalue weighted by atomic mass is 9.99. The van der Waals surface area contributed by atoms with E-state index in [1.807, 2.05) is 11.4 Å². The molecular weight excluding hydrogens is 326 g/mol. The molecule has 122 valence electrons. The van der Waals surface area contributed by atoms with Gasteiger partial charge in [0.1, 0.15) is 12.8 Å². The van der Waals surface area contributed by atoms with Gasteiger partial charge in [0.05, 0.1) is 6.04 Å². The van der Waals surface area contributed by atoms with Crippen molar-refractivity contribution < 1.29 is 18.7 Å². The van der Waals surface area contributed by atoms with Crippen molar-refractivity contribution in [1.29, 1.82) is 0 Å². The van der Waals surface area contributed by atoms with E-state index < -0.39 is 30.4 Å². The van der Waals surface area contributed by atoms with Crippen molar-refractivity contribution in [1.82, 2.24) is 10.3 Å². The Balaban J connectivity index is 2.12. The van der Waals surface area contributed by atoms with Gasteiger partial charge in [-0.1, -0.05) is 41.9 Å². The van der Waals surface area contributed by atoms with E-state index in [1.54, 1.807) is 42.7 Å². The predicted molar refractivity (Wildman–Crippen MR) is 83.3 cm³/mol. The molecule has 1 aromatic heterocycles. The Hall–Kier alpha value is -2.05. The molecule has 0 aliphatic carbocycles. The van der Waals surface area contributed by atoms with Gasteiger partial charge in [-0.05, 0) is 22.8 Å². The van der Waals surface area contributed by atoms with Crippen LogP contribution in [-0.4, -0.2) is 34.3 Å². The zero-order valence-corrected chi connectivity index (χ0v) is 12.8. The zero-order chi connectivity index (χ0) is 16.8. The molecule has 0 aliphatic rings. The van der Waals surface area contributed by atoms with Crippen molar-refractivity contribution in [3.8, 4) is 11.1 Å². The average Bonchev–Trinajstić information content (AvgIpc) is 2.59. The number of benzene rings is 1. The highest BCUT2D eigenvalue weighted by Crippen LogP contribution is 2.23.